The number of rotatable bonds is 14. The molecule has 4 N–H and O–H groups in total. The van der Waals surface area contributed by atoms with Gasteiger partial charge in [0.15, 0.2) is 0 Å². The number of carboxylic acids is 1. The molecule has 0 aliphatic heterocycles. The average Bonchev–Trinajstić information content (AvgIpc) is 2.90. The number of aliphatic carboxylic acids is 1. The van der Waals surface area contributed by atoms with Gasteiger partial charge in [0.1, 0.15) is 11.8 Å². The summed E-state index contributed by atoms with van der Waals surface area (Å²) in [5, 5.41) is 25.1. The van der Waals surface area contributed by atoms with E-state index in [1.807, 2.05) is 49.4 Å². The van der Waals surface area contributed by atoms with Gasteiger partial charge in [-0.25, -0.2) is 0 Å². The van der Waals surface area contributed by atoms with Crippen LogP contribution in [0.1, 0.15) is 31.4 Å². The van der Waals surface area contributed by atoms with Crippen molar-refractivity contribution < 1.29 is 29.3 Å². The Morgan fingerprint density at radius 3 is 2.45 bits per heavy atom. The van der Waals surface area contributed by atoms with E-state index in [0.29, 0.717) is 16.3 Å². The molecule has 0 spiro atoms. The number of halogens is 1. The number of amides is 2. The van der Waals surface area contributed by atoms with Crippen molar-refractivity contribution in [3.63, 3.8) is 0 Å². The molecule has 9 heteroatoms. The standard InChI is InChI=1S/C29H35ClN2O6/c1-19(12-13-21-8-5-4-6-9-21)25(33)10-7-11-27(34)32-24(28(35)31-18-20(2)29(36)37)17-22-14-15-26(38-3)23(30)16-22/h4-9,11-16,19-20,24-25,33H,10,17-18H2,1-3H3,(H,31,35)(H,32,34)(H,36,37)/b11-7+,13-12+. The van der Waals surface area contributed by atoms with E-state index in [9.17, 15) is 19.5 Å². The van der Waals surface area contributed by atoms with Crippen LogP contribution in [-0.2, 0) is 20.8 Å². The molecule has 4 atom stereocenters. The molecule has 2 rings (SSSR count). The van der Waals surface area contributed by atoms with Crippen molar-refractivity contribution in [2.45, 2.75) is 38.8 Å². The molecular weight excluding hydrogens is 508 g/mol. The maximum absolute atomic E-state index is 12.8. The van der Waals surface area contributed by atoms with E-state index >= 15 is 0 Å². The van der Waals surface area contributed by atoms with Crippen LogP contribution in [0.4, 0.5) is 0 Å². The van der Waals surface area contributed by atoms with Gasteiger partial charge in [-0.15, -0.1) is 0 Å². The van der Waals surface area contributed by atoms with E-state index < -0.39 is 35.8 Å². The highest BCUT2D eigenvalue weighted by Gasteiger charge is 2.22. The Morgan fingerprint density at radius 2 is 1.82 bits per heavy atom. The van der Waals surface area contributed by atoms with Gasteiger partial charge in [0, 0.05) is 18.9 Å². The van der Waals surface area contributed by atoms with Crippen LogP contribution in [-0.4, -0.2) is 53.8 Å². The zero-order valence-corrected chi connectivity index (χ0v) is 22.5. The number of carboxylic acid groups (broad SMARTS) is 1. The second-order valence-corrected chi connectivity index (χ2v) is 9.46. The molecule has 0 fully saturated rings. The smallest absolute Gasteiger partial charge is 0.308 e. The molecule has 0 aliphatic rings. The highest BCUT2D eigenvalue weighted by Crippen LogP contribution is 2.25. The van der Waals surface area contributed by atoms with Gasteiger partial charge in [0.05, 0.1) is 24.2 Å². The summed E-state index contributed by atoms with van der Waals surface area (Å²) in [4.78, 5) is 36.5. The molecule has 0 saturated carbocycles. The van der Waals surface area contributed by atoms with Crippen LogP contribution >= 0.6 is 11.6 Å². The molecule has 2 aromatic carbocycles. The number of nitrogens with one attached hydrogen (secondary N) is 2. The predicted octanol–water partition coefficient (Wildman–Crippen LogP) is 3.87. The SMILES string of the molecule is COc1ccc(CC(NC(=O)/C=C/CC(O)C(C)/C=C/c2ccccc2)C(=O)NCC(C)C(=O)O)cc1Cl. The monoisotopic (exact) mass is 542 g/mol. The summed E-state index contributed by atoms with van der Waals surface area (Å²) in [7, 11) is 1.49. The van der Waals surface area contributed by atoms with Crippen molar-refractivity contribution in [2.75, 3.05) is 13.7 Å². The van der Waals surface area contributed by atoms with E-state index in [1.54, 1.807) is 24.3 Å². The summed E-state index contributed by atoms with van der Waals surface area (Å²) in [6.45, 7) is 3.28. The summed E-state index contributed by atoms with van der Waals surface area (Å²) in [5.74, 6) is -2.53. The zero-order chi connectivity index (χ0) is 28.1. The van der Waals surface area contributed by atoms with Gasteiger partial charge in [0.2, 0.25) is 11.8 Å². The second kappa shape index (κ2) is 15.6. The minimum Gasteiger partial charge on any atom is -0.495 e. The van der Waals surface area contributed by atoms with E-state index in [0.717, 1.165) is 5.56 Å². The van der Waals surface area contributed by atoms with Crippen molar-refractivity contribution in [3.8, 4) is 5.75 Å². The summed E-state index contributed by atoms with van der Waals surface area (Å²) in [6.07, 6.45) is 6.35. The van der Waals surface area contributed by atoms with Crippen LogP contribution in [0.25, 0.3) is 6.08 Å². The van der Waals surface area contributed by atoms with E-state index in [-0.39, 0.29) is 25.3 Å². The first-order chi connectivity index (χ1) is 18.1. The van der Waals surface area contributed by atoms with Crippen LogP contribution in [0, 0.1) is 11.8 Å². The van der Waals surface area contributed by atoms with E-state index in [4.69, 9.17) is 21.4 Å². The average molecular weight is 543 g/mol. The lowest BCUT2D eigenvalue weighted by molar-refractivity contribution is -0.141. The van der Waals surface area contributed by atoms with Gasteiger partial charge < -0.3 is 25.6 Å². The molecule has 0 aliphatic carbocycles. The molecule has 8 nitrogen and oxygen atoms in total. The number of carbonyl (C=O) groups is 3. The molecule has 4 unspecified atom stereocenters. The fourth-order valence-electron chi connectivity index (χ4n) is 3.45. The first-order valence-electron chi connectivity index (χ1n) is 12.3. The Kier molecular flexibility index (Phi) is 12.6. The molecule has 0 saturated heterocycles. The molecule has 0 radical (unpaired) electrons. The zero-order valence-electron chi connectivity index (χ0n) is 21.8. The second-order valence-electron chi connectivity index (χ2n) is 9.05. The van der Waals surface area contributed by atoms with Gasteiger partial charge in [-0.1, -0.05) is 80.1 Å². The number of methoxy groups -OCH3 is 1. The first kappa shape index (κ1) is 30.6. The minimum atomic E-state index is -1.04. The lowest BCUT2D eigenvalue weighted by Crippen LogP contribution is -2.48. The highest BCUT2D eigenvalue weighted by atomic mass is 35.5. The largest absolute Gasteiger partial charge is 0.495 e. The first-order valence-corrected chi connectivity index (χ1v) is 12.7. The fraction of sp³-hybridized carbons (Fsp3) is 0.345. The van der Waals surface area contributed by atoms with Crippen molar-refractivity contribution in [3.05, 3.63) is 82.9 Å². The van der Waals surface area contributed by atoms with Gasteiger partial charge >= 0.3 is 5.97 Å². The normalized spacial score (nSPS) is 14.6. The molecule has 204 valence electrons. The highest BCUT2D eigenvalue weighted by molar-refractivity contribution is 6.32. The minimum absolute atomic E-state index is 0.0830. The van der Waals surface area contributed by atoms with Crippen LogP contribution in [0.15, 0.2) is 66.8 Å². The fourth-order valence-corrected chi connectivity index (χ4v) is 3.73. The van der Waals surface area contributed by atoms with Gasteiger partial charge in [0.25, 0.3) is 0 Å². The third-order valence-corrected chi connectivity index (χ3v) is 6.23. The van der Waals surface area contributed by atoms with Crippen LogP contribution in [0.2, 0.25) is 5.02 Å². The maximum atomic E-state index is 12.8. The summed E-state index contributed by atoms with van der Waals surface area (Å²) >= 11 is 6.20. The number of ether oxygens (including phenoxy) is 1. The molecule has 38 heavy (non-hydrogen) atoms. The predicted molar refractivity (Wildman–Crippen MR) is 148 cm³/mol. The summed E-state index contributed by atoms with van der Waals surface area (Å²) in [5.41, 5.74) is 1.71. The van der Waals surface area contributed by atoms with E-state index in [2.05, 4.69) is 10.6 Å². The van der Waals surface area contributed by atoms with Crippen LogP contribution in [0.5, 0.6) is 5.75 Å². The number of aliphatic hydroxyl groups excluding tert-OH is 1. The van der Waals surface area contributed by atoms with E-state index in [1.165, 1.54) is 20.1 Å². The summed E-state index contributed by atoms with van der Waals surface area (Å²) < 4.78 is 5.15. The Morgan fingerprint density at radius 1 is 1.11 bits per heavy atom. The van der Waals surface area contributed by atoms with Crippen LogP contribution in [0.3, 0.4) is 0 Å². The Hall–Kier alpha value is -3.62. The number of carbonyl (C=O) groups excluding carboxylic acids is 2. The third-order valence-electron chi connectivity index (χ3n) is 5.94. The number of aliphatic hydroxyl groups is 1. The molecule has 0 bridgehead atoms. The lowest BCUT2D eigenvalue weighted by Gasteiger charge is -2.19. The Labute approximate surface area is 228 Å². The maximum Gasteiger partial charge on any atom is 0.308 e. The quantitative estimate of drug-likeness (QED) is 0.269. The van der Waals surface area contributed by atoms with Gasteiger partial charge in [-0.3, -0.25) is 14.4 Å². The molecule has 2 amide bonds. The molecule has 2 aromatic rings. The number of hydrogen-bond acceptors (Lipinski definition) is 5. The summed E-state index contributed by atoms with van der Waals surface area (Å²) in [6, 6.07) is 13.8. The Bertz CT molecular complexity index is 1140. The molecule has 0 heterocycles. The topological polar surface area (TPSA) is 125 Å². The van der Waals surface area contributed by atoms with Crippen LogP contribution < -0.4 is 15.4 Å². The van der Waals surface area contributed by atoms with Crippen molar-refractivity contribution in [1.82, 2.24) is 10.6 Å². The van der Waals surface area contributed by atoms with Crippen molar-refractivity contribution in [2.24, 2.45) is 11.8 Å². The van der Waals surface area contributed by atoms with Gasteiger partial charge in [-0.05, 0) is 35.8 Å². The Balaban J connectivity index is 2.01. The third kappa shape index (κ3) is 10.4. The van der Waals surface area contributed by atoms with Crippen molar-refractivity contribution >= 4 is 35.5 Å². The molecule has 0 aromatic heterocycles. The number of benzene rings is 2. The van der Waals surface area contributed by atoms with Gasteiger partial charge in [-0.2, -0.15) is 0 Å². The van der Waals surface area contributed by atoms with Crippen molar-refractivity contribution in [1.29, 1.82) is 0 Å². The molecular formula is C29H35ClN2O6. The number of hydrogen-bond donors (Lipinski definition) is 4. The lowest BCUT2D eigenvalue weighted by atomic mass is 10.00.